The number of hydrogen-bond acceptors (Lipinski definition) is 5. The maximum atomic E-state index is 13.0. The summed E-state index contributed by atoms with van der Waals surface area (Å²) >= 11 is 1.51. The number of aliphatic hydroxyl groups excluding tert-OH is 1. The first-order valence-corrected chi connectivity index (χ1v) is 8.31. The van der Waals surface area contributed by atoms with Crippen molar-refractivity contribution in [2.24, 2.45) is 0 Å². The Morgan fingerprint density at radius 1 is 1.41 bits per heavy atom. The van der Waals surface area contributed by atoms with Gasteiger partial charge >= 0.3 is 0 Å². The summed E-state index contributed by atoms with van der Waals surface area (Å²) in [5.41, 5.74) is 6.45. The molecule has 0 radical (unpaired) electrons. The quantitative estimate of drug-likeness (QED) is 0.889. The van der Waals surface area contributed by atoms with Crippen molar-refractivity contribution in [1.29, 1.82) is 0 Å². The molecule has 2 unspecified atom stereocenters. The zero-order chi connectivity index (χ0) is 15.5. The third kappa shape index (κ3) is 3.63. The first kappa shape index (κ1) is 15.4. The van der Waals surface area contributed by atoms with E-state index in [9.17, 15) is 9.50 Å². The lowest BCUT2D eigenvalue weighted by Gasteiger charge is -2.26. The van der Waals surface area contributed by atoms with Crippen LogP contribution in [0.1, 0.15) is 35.8 Å². The van der Waals surface area contributed by atoms with Gasteiger partial charge in [-0.25, -0.2) is 9.37 Å². The summed E-state index contributed by atoms with van der Waals surface area (Å²) in [7, 11) is 0. The van der Waals surface area contributed by atoms with Crippen molar-refractivity contribution in [3.8, 4) is 0 Å². The molecule has 2 atom stereocenters. The molecular formula is C16H20FN3OS. The largest absolute Gasteiger partial charge is 0.388 e. The minimum Gasteiger partial charge on any atom is -0.388 e. The third-order valence-electron chi connectivity index (χ3n) is 4.18. The predicted molar refractivity (Wildman–Crippen MR) is 85.9 cm³/mol. The molecule has 1 aromatic heterocycles. The van der Waals surface area contributed by atoms with Crippen LogP contribution in [0.4, 0.5) is 9.52 Å². The second-order valence-corrected chi connectivity index (χ2v) is 6.88. The van der Waals surface area contributed by atoms with Crippen molar-refractivity contribution in [2.75, 3.05) is 12.3 Å². The van der Waals surface area contributed by atoms with Crippen LogP contribution in [-0.2, 0) is 6.54 Å². The molecule has 0 saturated carbocycles. The van der Waals surface area contributed by atoms with Crippen LogP contribution in [0.25, 0.3) is 0 Å². The number of hydrogen-bond donors (Lipinski definition) is 2. The third-order valence-corrected chi connectivity index (χ3v) is 4.99. The number of nitrogens with zero attached hydrogens (tertiary/aromatic N) is 2. The van der Waals surface area contributed by atoms with Crippen molar-refractivity contribution in [2.45, 2.75) is 38.0 Å². The van der Waals surface area contributed by atoms with E-state index in [4.69, 9.17) is 5.73 Å². The van der Waals surface area contributed by atoms with Crippen molar-refractivity contribution < 1.29 is 9.50 Å². The molecule has 118 valence electrons. The van der Waals surface area contributed by atoms with Crippen LogP contribution >= 0.6 is 11.3 Å². The number of aliphatic hydroxyl groups is 1. The number of halogens is 1. The summed E-state index contributed by atoms with van der Waals surface area (Å²) in [5, 5.41) is 11.0. The summed E-state index contributed by atoms with van der Waals surface area (Å²) in [6, 6.07) is 6.44. The Morgan fingerprint density at radius 3 is 2.86 bits per heavy atom. The van der Waals surface area contributed by atoms with Crippen LogP contribution < -0.4 is 5.73 Å². The van der Waals surface area contributed by atoms with E-state index in [0.29, 0.717) is 17.6 Å². The molecule has 4 nitrogen and oxygen atoms in total. The molecule has 1 saturated heterocycles. The lowest BCUT2D eigenvalue weighted by molar-refractivity contribution is 0.118. The maximum absolute atomic E-state index is 13.0. The van der Waals surface area contributed by atoms with Gasteiger partial charge in [0.1, 0.15) is 5.82 Å². The highest BCUT2D eigenvalue weighted by atomic mass is 32.1. The lowest BCUT2D eigenvalue weighted by atomic mass is 10.0. The first-order valence-electron chi connectivity index (χ1n) is 7.49. The SMILES string of the molecule is Nc1ncc(CN2CCCC2CC(O)c2ccc(F)cc2)s1. The number of aromatic nitrogens is 1. The predicted octanol–water partition coefficient (Wildman–Crippen LogP) is 2.95. The molecule has 22 heavy (non-hydrogen) atoms. The maximum Gasteiger partial charge on any atom is 0.180 e. The van der Waals surface area contributed by atoms with Gasteiger partial charge in [-0.1, -0.05) is 12.1 Å². The summed E-state index contributed by atoms with van der Waals surface area (Å²) in [6.45, 7) is 1.86. The standard InChI is InChI=1S/C16H20FN3OS/c17-12-5-3-11(4-6-12)15(21)8-13-2-1-7-20(13)10-14-9-19-16(18)22-14/h3-6,9,13,15,21H,1-2,7-8,10H2,(H2,18,19). The molecular weight excluding hydrogens is 301 g/mol. The molecule has 1 fully saturated rings. The van der Waals surface area contributed by atoms with E-state index < -0.39 is 6.10 Å². The fourth-order valence-electron chi connectivity index (χ4n) is 3.04. The second-order valence-electron chi connectivity index (χ2n) is 5.73. The second kappa shape index (κ2) is 6.73. The first-order chi connectivity index (χ1) is 10.6. The smallest absolute Gasteiger partial charge is 0.180 e. The number of rotatable bonds is 5. The van der Waals surface area contributed by atoms with Gasteiger partial charge < -0.3 is 10.8 Å². The fourth-order valence-corrected chi connectivity index (χ4v) is 3.75. The van der Waals surface area contributed by atoms with Crippen LogP contribution in [0.2, 0.25) is 0 Å². The van der Waals surface area contributed by atoms with Crippen molar-refractivity contribution >= 4 is 16.5 Å². The molecule has 1 aliphatic rings. The van der Waals surface area contributed by atoms with Gasteiger partial charge in [0.05, 0.1) is 6.10 Å². The van der Waals surface area contributed by atoms with Crippen molar-refractivity contribution in [3.05, 3.63) is 46.7 Å². The van der Waals surface area contributed by atoms with Crippen LogP contribution in [0.15, 0.2) is 30.5 Å². The molecule has 1 aliphatic heterocycles. The number of nitrogen functional groups attached to an aromatic ring is 1. The van der Waals surface area contributed by atoms with Crippen LogP contribution in [0, 0.1) is 5.82 Å². The molecule has 0 spiro atoms. The van der Waals surface area contributed by atoms with Gasteiger partial charge in [-0.2, -0.15) is 0 Å². The molecule has 2 heterocycles. The number of nitrogens with two attached hydrogens (primary N) is 1. The van der Waals surface area contributed by atoms with E-state index in [2.05, 4.69) is 9.88 Å². The van der Waals surface area contributed by atoms with Crippen LogP contribution in [-0.4, -0.2) is 27.6 Å². The van der Waals surface area contributed by atoms with Gasteiger partial charge in [0.2, 0.25) is 0 Å². The average molecular weight is 321 g/mol. The van der Waals surface area contributed by atoms with Gasteiger partial charge in [-0.15, -0.1) is 11.3 Å². The Labute approximate surface area is 133 Å². The summed E-state index contributed by atoms with van der Waals surface area (Å²) in [5.74, 6) is -0.277. The summed E-state index contributed by atoms with van der Waals surface area (Å²) in [6.07, 6.45) is 4.14. The normalized spacial score (nSPS) is 20.4. The minimum atomic E-state index is -0.558. The highest BCUT2D eigenvalue weighted by Gasteiger charge is 2.27. The number of benzene rings is 1. The molecule has 2 aromatic rings. The van der Waals surface area contributed by atoms with Gasteiger partial charge in [-0.05, 0) is 43.5 Å². The molecule has 0 amide bonds. The van der Waals surface area contributed by atoms with Crippen molar-refractivity contribution in [3.63, 3.8) is 0 Å². The highest BCUT2D eigenvalue weighted by Crippen LogP contribution is 2.29. The Hall–Kier alpha value is -1.50. The summed E-state index contributed by atoms with van der Waals surface area (Å²) < 4.78 is 13.0. The molecule has 6 heteroatoms. The number of thiazole rings is 1. The molecule has 1 aromatic carbocycles. The van der Waals surface area contributed by atoms with Gasteiger partial charge in [0.25, 0.3) is 0 Å². The Bertz CT molecular complexity index is 616. The van der Waals surface area contributed by atoms with Crippen LogP contribution in [0.3, 0.4) is 0 Å². The van der Waals surface area contributed by atoms with Gasteiger partial charge in [-0.3, -0.25) is 4.90 Å². The molecule has 0 aliphatic carbocycles. The Kier molecular flexibility index (Phi) is 4.71. The molecule has 3 N–H and O–H groups in total. The number of likely N-dealkylation sites (tertiary alicyclic amines) is 1. The molecule has 3 rings (SSSR count). The fraction of sp³-hybridized carbons (Fsp3) is 0.438. The van der Waals surface area contributed by atoms with Crippen molar-refractivity contribution in [1.82, 2.24) is 9.88 Å². The van der Waals surface area contributed by atoms with E-state index >= 15 is 0 Å². The van der Waals surface area contributed by atoms with E-state index in [0.717, 1.165) is 36.4 Å². The average Bonchev–Trinajstić information content (AvgIpc) is 3.10. The van der Waals surface area contributed by atoms with E-state index in [1.54, 1.807) is 12.1 Å². The topological polar surface area (TPSA) is 62.4 Å². The molecule has 0 bridgehead atoms. The lowest BCUT2D eigenvalue weighted by Crippen LogP contribution is -2.30. The van der Waals surface area contributed by atoms with Gasteiger partial charge in [0.15, 0.2) is 5.13 Å². The minimum absolute atomic E-state index is 0.277. The summed E-state index contributed by atoms with van der Waals surface area (Å²) in [4.78, 5) is 7.61. The van der Waals surface area contributed by atoms with Gasteiger partial charge in [0, 0.05) is 23.7 Å². The number of anilines is 1. The Balaban J connectivity index is 1.61. The Morgan fingerprint density at radius 2 is 2.18 bits per heavy atom. The van der Waals surface area contributed by atoms with Crippen LogP contribution in [0.5, 0.6) is 0 Å². The van der Waals surface area contributed by atoms with E-state index in [1.165, 1.54) is 23.5 Å². The highest BCUT2D eigenvalue weighted by molar-refractivity contribution is 7.15. The van der Waals surface area contributed by atoms with E-state index in [-0.39, 0.29) is 5.82 Å². The monoisotopic (exact) mass is 321 g/mol. The zero-order valence-electron chi connectivity index (χ0n) is 12.3. The van der Waals surface area contributed by atoms with E-state index in [1.807, 2.05) is 6.20 Å². The zero-order valence-corrected chi connectivity index (χ0v) is 13.1.